The van der Waals surface area contributed by atoms with Gasteiger partial charge in [-0.1, -0.05) is 0 Å². The third-order valence-electron chi connectivity index (χ3n) is 3.08. The standard InChI is InChI=1S/C10H20N2O5S/c1-11(7-5-10(14)17-2)18(15,16)12-6-3-4-9(12)8-13/h9,13H,3-8H2,1-2H3/t9-/m1/s1. The van der Waals surface area contributed by atoms with Crippen molar-refractivity contribution < 1.29 is 23.1 Å². The molecule has 0 amide bonds. The van der Waals surface area contributed by atoms with E-state index in [1.54, 1.807) is 0 Å². The van der Waals surface area contributed by atoms with E-state index in [1.165, 1.54) is 18.5 Å². The molecule has 1 N–H and O–H groups in total. The first-order valence-corrected chi connectivity index (χ1v) is 7.24. The lowest BCUT2D eigenvalue weighted by molar-refractivity contribution is -0.140. The van der Waals surface area contributed by atoms with Gasteiger partial charge < -0.3 is 9.84 Å². The lowest BCUT2D eigenvalue weighted by atomic mass is 10.2. The third-order valence-corrected chi connectivity index (χ3v) is 5.13. The van der Waals surface area contributed by atoms with E-state index in [4.69, 9.17) is 5.11 Å². The Bertz CT molecular complexity index is 384. The Balaban J connectivity index is 2.64. The highest BCUT2D eigenvalue weighted by Gasteiger charge is 2.36. The molecule has 1 aliphatic heterocycles. The number of esters is 1. The van der Waals surface area contributed by atoms with Crippen LogP contribution in [0.15, 0.2) is 0 Å². The van der Waals surface area contributed by atoms with E-state index < -0.39 is 16.2 Å². The second kappa shape index (κ2) is 6.46. The summed E-state index contributed by atoms with van der Waals surface area (Å²) in [5.74, 6) is -0.447. The van der Waals surface area contributed by atoms with Crippen molar-refractivity contribution in [3.63, 3.8) is 0 Å². The van der Waals surface area contributed by atoms with E-state index in [1.807, 2.05) is 0 Å². The molecule has 0 spiro atoms. The summed E-state index contributed by atoms with van der Waals surface area (Å²) in [6, 6.07) is -0.351. The summed E-state index contributed by atoms with van der Waals surface area (Å²) in [7, 11) is -0.920. The van der Waals surface area contributed by atoms with Crippen LogP contribution in [-0.2, 0) is 19.7 Å². The fourth-order valence-corrected chi connectivity index (χ4v) is 3.53. The van der Waals surface area contributed by atoms with E-state index in [-0.39, 0.29) is 25.6 Å². The SMILES string of the molecule is COC(=O)CCN(C)S(=O)(=O)N1CCC[C@@H]1CO. The molecule has 1 saturated heterocycles. The molecule has 0 aliphatic carbocycles. The Hall–Kier alpha value is -0.700. The number of aliphatic hydroxyl groups is 1. The zero-order valence-electron chi connectivity index (χ0n) is 10.7. The molecule has 18 heavy (non-hydrogen) atoms. The van der Waals surface area contributed by atoms with Crippen LogP contribution in [0.5, 0.6) is 0 Å². The summed E-state index contributed by atoms with van der Waals surface area (Å²) in [6.45, 7) is 0.309. The van der Waals surface area contributed by atoms with Gasteiger partial charge in [0.2, 0.25) is 0 Å². The molecule has 0 bridgehead atoms. The maximum Gasteiger partial charge on any atom is 0.306 e. The van der Waals surface area contributed by atoms with Crippen LogP contribution in [0, 0.1) is 0 Å². The summed E-state index contributed by atoms with van der Waals surface area (Å²) in [6.07, 6.45) is 1.43. The van der Waals surface area contributed by atoms with E-state index in [0.29, 0.717) is 13.0 Å². The van der Waals surface area contributed by atoms with Gasteiger partial charge in [-0.15, -0.1) is 0 Å². The molecule has 1 rings (SSSR count). The minimum Gasteiger partial charge on any atom is -0.469 e. The predicted molar refractivity (Wildman–Crippen MR) is 65.0 cm³/mol. The number of carbonyl (C=O) groups excluding carboxylic acids is 1. The van der Waals surface area contributed by atoms with Gasteiger partial charge in [0.05, 0.1) is 20.1 Å². The minimum atomic E-state index is -3.60. The minimum absolute atomic E-state index is 0.0177. The van der Waals surface area contributed by atoms with Gasteiger partial charge in [0, 0.05) is 26.2 Å². The maximum atomic E-state index is 12.2. The molecule has 1 atom stereocenters. The van der Waals surface area contributed by atoms with Gasteiger partial charge in [-0.2, -0.15) is 17.0 Å². The summed E-state index contributed by atoms with van der Waals surface area (Å²) in [5.41, 5.74) is 0. The number of nitrogens with zero attached hydrogens (tertiary/aromatic N) is 2. The topological polar surface area (TPSA) is 87.2 Å². The number of aliphatic hydroxyl groups excluding tert-OH is 1. The van der Waals surface area contributed by atoms with Crippen LogP contribution in [0.2, 0.25) is 0 Å². The van der Waals surface area contributed by atoms with Crippen molar-refractivity contribution in [2.75, 3.05) is 33.9 Å². The Morgan fingerprint density at radius 3 is 2.78 bits per heavy atom. The predicted octanol–water partition coefficient (Wildman–Crippen LogP) is -0.817. The van der Waals surface area contributed by atoms with Crippen LogP contribution in [0.4, 0.5) is 0 Å². The molecule has 8 heteroatoms. The van der Waals surface area contributed by atoms with Gasteiger partial charge in [-0.3, -0.25) is 4.79 Å². The summed E-state index contributed by atoms with van der Waals surface area (Å²) in [4.78, 5) is 11.0. The molecule has 7 nitrogen and oxygen atoms in total. The number of hydrogen-bond acceptors (Lipinski definition) is 5. The van der Waals surface area contributed by atoms with E-state index in [9.17, 15) is 13.2 Å². The zero-order chi connectivity index (χ0) is 13.8. The first-order valence-electron chi connectivity index (χ1n) is 5.84. The van der Waals surface area contributed by atoms with Gasteiger partial charge >= 0.3 is 5.97 Å². The molecule has 0 unspecified atom stereocenters. The fraction of sp³-hybridized carbons (Fsp3) is 0.900. The summed E-state index contributed by atoms with van der Waals surface area (Å²) >= 11 is 0. The number of carbonyl (C=O) groups is 1. The smallest absolute Gasteiger partial charge is 0.306 e. The summed E-state index contributed by atoms with van der Waals surface area (Å²) < 4.78 is 31.3. The fourth-order valence-electron chi connectivity index (χ4n) is 1.94. The van der Waals surface area contributed by atoms with Crippen molar-refractivity contribution in [3.8, 4) is 0 Å². The highest BCUT2D eigenvalue weighted by Crippen LogP contribution is 2.22. The van der Waals surface area contributed by atoms with E-state index in [2.05, 4.69) is 4.74 Å². The van der Waals surface area contributed by atoms with Crippen molar-refractivity contribution in [1.82, 2.24) is 8.61 Å². The average Bonchev–Trinajstić information content (AvgIpc) is 2.84. The van der Waals surface area contributed by atoms with Gasteiger partial charge in [-0.25, -0.2) is 0 Å². The van der Waals surface area contributed by atoms with Crippen LogP contribution in [-0.4, -0.2) is 68.0 Å². The van der Waals surface area contributed by atoms with Crippen molar-refractivity contribution in [1.29, 1.82) is 0 Å². The largest absolute Gasteiger partial charge is 0.469 e. The summed E-state index contributed by atoms with van der Waals surface area (Å²) in [5, 5.41) is 9.14. The molecule has 0 aromatic rings. The van der Waals surface area contributed by atoms with Crippen LogP contribution in [0.1, 0.15) is 19.3 Å². The normalized spacial score (nSPS) is 21.4. The quantitative estimate of drug-likeness (QED) is 0.643. The number of methoxy groups -OCH3 is 1. The Labute approximate surface area is 108 Å². The molecule has 1 heterocycles. The van der Waals surface area contributed by atoms with E-state index >= 15 is 0 Å². The van der Waals surface area contributed by atoms with Crippen molar-refractivity contribution in [2.45, 2.75) is 25.3 Å². The van der Waals surface area contributed by atoms with Crippen LogP contribution in [0.3, 0.4) is 0 Å². The number of ether oxygens (including phenoxy) is 1. The molecule has 106 valence electrons. The molecule has 0 radical (unpaired) electrons. The first-order chi connectivity index (χ1) is 8.43. The Morgan fingerprint density at radius 2 is 2.22 bits per heavy atom. The molecular formula is C10H20N2O5S. The lowest BCUT2D eigenvalue weighted by Gasteiger charge is -2.27. The zero-order valence-corrected chi connectivity index (χ0v) is 11.5. The molecule has 1 aliphatic rings. The van der Waals surface area contributed by atoms with Gasteiger partial charge in [-0.05, 0) is 12.8 Å². The van der Waals surface area contributed by atoms with Crippen molar-refractivity contribution >= 4 is 16.2 Å². The molecule has 1 fully saturated rings. The highest BCUT2D eigenvalue weighted by atomic mass is 32.2. The molecule has 0 aromatic heterocycles. The van der Waals surface area contributed by atoms with Gasteiger partial charge in [0.1, 0.15) is 0 Å². The molecule has 0 aromatic carbocycles. The maximum absolute atomic E-state index is 12.2. The second-order valence-electron chi connectivity index (χ2n) is 4.24. The first kappa shape index (κ1) is 15.4. The van der Waals surface area contributed by atoms with Gasteiger partial charge in [0.15, 0.2) is 0 Å². The number of rotatable bonds is 6. The Kier molecular flexibility index (Phi) is 5.51. The van der Waals surface area contributed by atoms with Crippen LogP contribution in [0.25, 0.3) is 0 Å². The number of hydrogen-bond donors (Lipinski definition) is 1. The molecule has 0 saturated carbocycles. The Morgan fingerprint density at radius 1 is 1.56 bits per heavy atom. The molecular weight excluding hydrogens is 260 g/mol. The lowest BCUT2D eigenvalue weighted by Crippen LogP contribution is -2.46. The highest BCUT2D eigenvalue weighted by molar-refractivity contribution is 7.86. The van der Waals surface area contributed by atoms with E-state index in [0.717, 1.165) is 10.7 Å². The monoisotopic (exact) mass is 280 g/mol. The van der Waals surface area contributed by atoms with Crippen molar-refractivity contribution in [3.05, 3.63) is 0 Å². The van der Waals surface area contributed by atoms with Crippen molar-refractivity contribution in [2.24, 2.45) is 0 Å². The van der Waals surface area contributed by atoms with Crippen LogP contribution >= 0.6 is 0 Å². The second-order valence-corrected chi connectivity index (χ2v) is 6.23. The third kappa shape index (κ3) is 3.41. The average molecular weight is 280 g/mol. The van der Waals surface area contributed by atoms with Crippen LogP contribution < -0.4 is 0 Å². The van der Waals surface area contributed by atoms with Gasteiger partial charge in [0.25, 0.3) is 10.2 Å².